The Hall–Kier alpha value is -2.00. The largest absolute Gasteiger partial charge is 0.444 e. The first-order chi connectivity index (χ1) is 10.1. The molecule has 3 rings (SSSR count). The standard InChI is InChI=1S/C17H16ClNO2/c1-12-10-19(17(20)21-12)11-13-5-7-14(8-6-13)15-3-2-4-16(18)9-15/h2-9,12H,10-11H2,1H3/t12-/m1/s1. The molecule has 1 amide bonds. The van der Waals surface area contributed by atoms with E-state index in [2.05, 4.69) is 0 Å². The molecule has 0 saturated carbocycles. The predicted molar refractivity (Wildman–Crippen MR) is 83.2 cm³/mol. The van der Waals surface area contributed by atoms with Crippen LogP contribution in [0.2, 0.25) is 5.02 Å². The van der Waals surface area contributed by atoms with Gasteiger partial charge in [-0.05, 0) is 35.7 Å². The van der Waals surface area contributed by atoms with Gasteiger partial charge in [0.25, 0.3) is 0 Å². The van der Waals surface area contributed by atoms with Crippen LogP contribution in [0.3, 0.4) is 0 Å². The molecule has 2 aromatic carbocycles. The van der Waals surface area contributed by atoms with Gasteiger partial charge in [-0.15, -0.1) is 0 Å². The summed E-state index contributed by atoms with van der Waals surface area (Å²) in [5.41, 5.74) is 3.29. The van der Waals surface area contributed by atoms with Crippen LogP contribution in [0, 0.1) is 0 Å². The third-order valence-corrected chi connectivity index (χ3v) is 3.76. The summed E-state index contributed by atoms with van der Waals surface area (Å²) in [5.74, 6) is 0. The van der Waals surface area contributed by atoms with Crippen LogP contribution in [0.4, 0.5) is 4.79 Å². The van der Waals surface area contributed by atoms with E-state index in [0.717, 1.165) is 21.7 Å². The summed E-state index contributed by atoms with van der Waals surface area (Å²) in [6.45, 7) is 3.13. The van der Waals surface area contributed by atoms with Crippen molar-refractivity contribution in [3.8, 4) is 11.1 Å². The molecule has 1 saturated heterocycles. The van der Waals surface area contributed by atoms with Crippen LogP contribution in [0.1, 0.15) is 12.5 Å². The molecule has 4 heteroatoms. The summed E-state index contributed by atoms with van der Waals surface area (Å²) in [4.78, 5) is 13.3. The van der Waals surface area contributed by atoms with Crippen LogP contribution < -0.4 is 0 Å². The zero-order chi connectivity index (χ0) is 14.8. The number of cyclic esters (lactones) is 1. The first-order valence-corrected chi connectivity index (χ1v) is 7.30. The quantitative estimate of drug-likeness (QED) is 0.843. The van der Waals surface area contributed by atoms with E-state index in [1.165, 1.54) is 0 Å². The average molecular weight is 302 g/mol. The number of benzene rings is 2. The number of rotatable bonds is 3. The summed E-state index contributed by atoms with van der Waals surface area (Å²) in [6, 6.07) is 15.9. The molecule has 0 aromatic heterocycles. The summed E-state index contributed by atoms with van der Waals surface area (Å²) in [7, 11) is 0. The second-order valence-electron chi connectivity index (χ2n) is 5.28. The molecule has 3 nitrogen and oxygen atoms in total. The van der Waals surface area contributed by atoms with Gasteiger partial charge < -0.3 is 9.64 Å². The number of carbonyl (C=O) groups excluding carboxylic acids is 1. The molecule has 1 fully saturated rings. The number of carbonyl (C=O) groups is 1. The van der Waals surface area contributed by atoms with Crippen LogP contribution in [0.5, 0.6) is 0 Å². The van der Waals surface area contributed by atoms with Gasteiger partial charge in [-0.2, -0.15) is 0 Å². The van der Waals surface area contributed by atoms with Crippen LogP contribution in [-0.2, 0) is 11.3 Å². The first kappa shape index (κ1) is 14.0. The minimum Gasteiger partial charge on any atom is -0.444 e. The zero-order valence-electron chi connectivity index (χ0n) is 11.8. The Kier molecular flexibility index (Phi) is 3.84. The van der Waals surface area contributed by atoms with Crippen molar-refractivity contribution in [2.24, 2.45) is 0 Å². The molecule has 108 valence electrons. The Labute approximate surface area is 129 Å². The van der Waals surface area contributed by atoms with Crippen molar-refractivity contribution in [3.63, 3.8) is 0 Å². The summed E-state index contributed by atoms with van der Waals surface area (Å²) in [6.07, 6.45) is -0.260. The number of hydrogen-bond donors (Lipinski definition) is 0. The van der Waals surface area contributed by atoms with E-state index in [4.69, 9.17) is 16.3 Å². The molecule has 1 aliphatic rings. The highest BCUT2D eigenvalue weighted by molar-refractivity contribution is 6.30. The molecule has 1 aliphatic heterocycles. The van der Waals surface area contributed by atoms with Gasteiger partial charge in [-0.25, -0.2) is 4.79 Å². The number of hydrogen-bond acceptors (Lipinski definition) is 2. The molecule has 21 heavy (non-hydrogen) atoms. The van der Waals surface area contributed by atoms with Crippen molar-refractivity contribution >= 4 is 17.7 Å². The third kappa shape index (κ3) is 3.19. The predicted octanol–water partition coefficient (Wildman–Crippen LogP) is 4.35. The zero-order valence-corrected chi connectivity index (χ0v) is 12.5. The normalized spacial score (nSPS) is 17.9. The molecule has 2 aromatic rings. The van der Waals surface area contributed by atoms with Gasteiger partial charge in [0.05, 0.1) is 6.54 Å². The van der Waals surface area contributed by atoms with Gasteiger partial charge in [-0.1, -0.05) is 48.0 Å². The van der Waals surface area contributed by atoms with Crippen molar-refractivity contribution in [2.75, 3.05) is 6.54 Å². The van der Waals surface area contributed by atoms with Crippen molar-refractivity contribution < 1.29 is 9.53 Å². The fourth-order valence-electron chi connectivity index (χ4n) is 2.49. The maximum atomic E-state index is 11.6. The Morgan fingerprint density at radius 2 is 1.95 bits per heavy atom. The molecule has 0 spiro atoms. The van der Waals surface area contributed by atoms with Crippen molar-refractivity contribution in [1.29, 1.82) is 0 Å². The lowest BCUT2D eigenvalue weighted by Gasteiger charge is -2.13. The Morgan fingerprint density at radius 3 is 2.57 bits per heavy atom. The van der Waals surface area contributed by atoms with Crippen molar-refractivity contribution in [3.05, 3.63) is 59.1 Å². The van der Waals surface area contributed by atoms with E-state index < -0.39 is 0 Å². The Morgan fingerprint density at radius 1 is 1.19 bits per heavy atom. The van der Waals surface area contributed by atoms with Crippen LogP contribution in [0.15, 0.2) is 48.5 Å². The van der Waals surface area contributed by atoms with Crippen molar-refractivity contribution in [1.82, 2.24) is 4.90 Å². The fourth-order valence-corrected chi connectivity index (χ4v) is 2.68. The van der Waals surface area contributed by atoms with Gasteiger partial charge in [0.15, 0.2) is 0 Å². The fraction of sp³-hybridized carbons (Fsp3) is 0.235. The maximum Gasteiger partial charge on any atom is 0.410 e. The van der Waals surface area contributed by atoms with Crippen LogP contribution in [-0.4, -0.2) is 23.6 Å². The van der Waals surface area contributed by atoms with Gasteiger partial charge >= 0.3 is 6.09 Å². The molecular weight excluding hydrogens is 286 g/mol. The average Bonchev–Trinajstić information content (AvgIpc) is 2.78. The molecule has 0 unspecified atom stereocenters. The van der Waals surface area contributed by atoms with Crippen molar-refractivity contribution in [2.45, 2.75) is 19.6 Å². The first-order valence-electron chi connectivity index (χ1n) is 6.92. The summed E-state index contributed by atoms with van der Waals surface area (Å²) in [5, 5.41) is 0.727. The smallest absolute Gasteiger partial charge is 0.410 e. The lowest BCUT2D eigenvalue weighted by Crippen LogP contribution is -2.24. The van der Waals surface area contributed by atoms with Gasteiger partial charge in [0, 0.05) is 11.6 Å². The molecule has 0 N–H and O–H groups in total. The number of nitrogens with zero attached hydrogens (tertiary/aromatic N) is 1. The summed E-state index contributed by atoms with van der Waals surface area (Å²) < 4.78 is 5.12. The van der Waals surface area contributed by atoms with Crippen LogP contribution in [0.25, 0.3) is 11.1 Å². The monoisotopic (exact) mass is 301 g/mol. The third-order valence-electron chi connectivity index (χ3n) is 3.52. The van der Waals surface area contributed by atoms with E-state index in [1.54, 1.807) is 4.90 Å². The van der Waals surface area contributed by atoms with E-state index in [1.807, 2.05) is 55.5 Å². The van der Waals surface area contributed by atoms with Crippen LogP contribution >= 0.6 is 11.6 Å². The topological polar surface area (TPSA) is 29.5 Å². The second-order valence-corrected chi connectivity index (χ2v) is 5.72. The molecule has 0 aliphatic carbocycles. The van der Waals surface area contributed by atoms with E-state index in [9.17, 15) is 4.79 Å². The summed E-state index contributed by atoms with van der Waals surface area (Å²) >= 11 is 6.01. The highest BCUT2D eigenvalue weighted by Crippen LogP contribution is 2.23. The molecule has 0 radical (unpaired) electrons. The number of amides is 1. The number of halogens is 1. The van der Waals surface area contributed by atoms with E-state index >= 15 is 0 Å². The Bertz CT molecular complexity index is 654. The lowest BCUT2D eigenvalue weighted by molar-refractivity contribution is 0.137. The maximum absolute atomic E-state index is 11.6. The SMILES string of the molecule is C[C@@H]1CN(Cc2ccc(-c3cccc(Cl)c3)cc2)C(=O)O1. The van der Waals surface area contributed by atoms with Gasteiger partial charge in [0.1, 0.15) is 6.10 Å². The van der Waals surface area contributed by atoms with E-state index in [-0.39, 0.29) is 12.2 Å². The lowest BCUT2D eigenvalue weighted by atomic mass is 10.0. The highest BCUT2D eigenvalue weighted by atomic mass is 35.5. The molecular formula is C17H16ClNO2. The molecule has 1 heterocycles. The second kappa shape index (κ2) is 5.78. The molecule has 1 atom stereocenters. The minimum atomic E-state index is -0.235. The minimum absolute atomic E-state index is 0.0248. The van der Waals surface area contributed by atoms with Gasteiger partial charge in [0.2, 0.25) is 0 Å². The Balaban J connectivity index is 1.74. The van der Waals surface area contributed by atoms with E-state index in [0.29, 0.717) is 13.1 Å². The highest BCUT2D eigenvalue weighted by Gasteiger charge is 2.27. The van der Waals surface area contributed by atoms with Gasteiger partial charge in [-0.3, -0.25) is 0 Å². The molecule has 0 bridgehead atoms. The number of ether oxygens (including phenoxy) is 1.